The van der Waals surface area contributed by atoms with Crippen molar-refractivity contribution in [3.05, 3.63) is 40.2 Å². The lowest BCUT2D eigenvalue weighted by molar-refractivity contribution is 0.0697. The first-order valence-electron chi connectivity index (χ1n) is 5.26. The van der Waals surface area contributed by atoms with E-state index in [1.807, 2.05) is 6.92 Å². The zero-order valence-corrected chi connectivity index (χ0v) is 10.7. The number of nitrogens with two attached hydrogens (primary N) is 1. The third-order valence-electron chi connectivity index (χ3n) is 2.77. The molecule has 0 saturated carbocycles. The van der Waals surface area contributed by atoms with E-state index >= 15 is 0 Å². The quantitative estimate of drug-likeness (QED) is 0.874. The summed E-state index contributed by atoms with van der Waals surface area (Å²) in [5.74, 6) is -1.07. The zero-order valence-electron chi connectivity index (χ0n) is 9.94. The SMILES string of the molecule is Cc1nn(-c2ccc(Cl)c(C(=O)O)c2)c(C)c1N. The molecule has 1 aromatic heterocycles. The largest absolute Gasteiger partial charge is 0.478 e. The molecule has 18 heavy (non-hydrogen) atoms. The molecule has 0 fully saturated rings. The van der Waals surface area contributed by atoms with Crippen molar-refractivity contribution in [3.8, 4) is 5.69 Å². The third kappa shape index (κ3) is 1.93. The molecular weight excluding hydrogens is 254 g/mol. The van der Waals surface area contributed by atoms with Crippen LogP contribution in [-0.4, -0.2) is 20.9 Å². The molecule has 2 aromatic rings. The first kappa shape index (κ1) is 12.4. The summed E-state index contributed by atoms with van der Waals surface area (Å²) in [5, 5.41) is 13.5. The summed E-state index contributed by atoms with van der Waals surface area (Å²) in [6, 6.07) is 4.71. The van der Waals surface area contributed by atoms with Gasteiger partial charge in [-0.25, -0.2) is 9.48 Å². The van der Waals surface area contributed by atoms with Gasteiger partial charge in [0.1, 0.15) is 0 Å². The van der Waals surface area contributed by atoms with Gasteiger partial charge in [0.2, 0.25) is 0 Å². The molecule has 0 aliphatic heterocycles. The number of halogens is 1. The smallest absolute Gasteiger partial charge is 0.337 e. The van der Waals surface area contributed by atoms with Crippen LogP contribution in [0.25, 0.3) is 5.69 Å². The van der Waals surface area contributed by atoms with E-state index < -0.39 is 5.97 Å². The highest BCUT2D eigenvalue weighted by Gasteiger charge is 2.14. The van der Waals surface area contributed by atoms with E-state index in [-0.39, 0.29) is 10.6 Å². The number of aromatic nitrogens is 2. The van der Waals surface area contributed by atoms with Gasteiger partial charge < -0.3 is 10.8 Å². The lowest BCUT2D eigenvalue weighted by Crippen LogP contribution is -2.03. The maximum atomic E-state index is 11.0. The molecule has 6 heteroatoms. The highest BCUT2D eigenvalue weighted by Crippen LogP contribution is 2.23. The second-order valence-electron chi connectivity index (χ2n) is 3.97. The van der Waals surface area contributed by atoms with Gasteiger partial charge in [-0.3, -0.25) is 0 Å². The van der Waals surface area contributed by atoms with Crippen LogP contribution in [0.4, 0.5) is 5.69 Å². The Balaban J connectivity index is 2.61. The lowest BCUT2D eigenvalue weighted by Gasteiger charge is -2.06. The van der Waals surface area contributed by atoms with Crippen molar-refractivity contribution in [2.45, 2.75) is 13.8 Å². The van der Waals surface area contributed by atoms with Gasteiger partial charge >= 0.3 is 5.97 Å². The molecule has 0 atom stereocenters. The lowest BCUT2D eigenvalue weighted by atomic mass is 10.2. The minimum atomic E-state index is -1.07. The standard InChI is InChI=1S/C12H12ClN3O2/c1-6-11(14)7(2)16(15-6)8-3-4-10(13)9(5-8)12(17)18/h3-5H,14H2,1-2H3,(H,17,18). The number of hydrogen-bond donors (Lipinski definition) is 2. The van der Waals surface area contributed by atoms with Crippen LogP contribution in [0.15, 0.2) is 18.2 Å². The molecule has 5 nitrogen and oxygen atoms in total. The van der Waals surface area contributed by atoms with Crippen molar-refractivity contribution in [3.63, 3.8) is 0 Å². The van der Waals surface area contributed by atoms with Gasteiger partial charge in [0, 0.05) is 0 Å². The molecular formula is C12H12ClN3O2. The van der Waals surface area contributed by atoms with E-state index in [4.69, 9.17) is 22.4 Å². The Hall–Kier alpha value is -2.01. The fraction of sp³-hybridized carbons (Fsp3) is 0.167. The fourth-order valence-corrected chi connectivity index (χ4v) is 1.91. The Kier molecular flexibility index (Phi) is 3.00. The summed E-state index contributed by atoms with van der Waals surface area (Å²) in [6.45, 7) is 3.62. The van der Waals surface area contributed by atoms with Gasteiger partial charge in [-0.2, -0.15) is 5.10 Å². The summed E-state index contributed by atoms with van der Waals surface area (Å²) in [5.41, 5.74) is 8.58. The van der Waals surface area contributed by atoms with E-state index in [0.29, 0.717) is 17.1 Å². The summed E-state index contributed by atoms with van der Waals surface area (Å²) in [7, 11) is 0. The van der Waals surface area contributed by atoms with Crippen LogP contribution < -0.4 is 5.73 Å². The number of carboxylic acid groups (broad SMARTS) is 1. The second kappa shape index (κ2) is 4.34. The molecule has 0 amide bonds. The molecule has 0 radical (unpaired) electrons. The maximum Gasteiger partial charge on any atom is 0.337 e. The van der Waals surface area contributed by atoms with Crippen LogP contribution in [0.1, 0.15) is 21.7 Å². The maximum absolute atomic E-state index is 11.0. The number of aryl methyl sites for hydroxylation is 1. The fourth-order valence-electron chi connectivity index (χ4n) is 1.72. The molecule has 2 rings (SSSR count). The average Bonchev–Trinajstić information content (AvgIpc) is 2.57. The van der Waals surface area contributed by atoms with E-state index in [2.05, 4.69) is 5.10 Å². The number of benzene rings is 1. The van der Waals surface area contributed by atoms with Crippen molar-refractivity contribution in [2.24, 2.45) is 0 Å². The Labute approximate surface area is 109 Å². The third-order valence-corrected chi connectivity index (χ3v) is 3.10. The minimum Gasteiger partial charge on any atom is -0.478 e. The number of anilines is 1. The average molecular weight is 266 g/mol. The van der Waals surface area contributed by atoms with Crippen molar-refractivity contribution in [1.29, 1.82) is 0 Å². The molecule has 0 aliphatic carbocycles. The summed E-state index contributed by atoms with van der Waals surface area (Å²) in [6.07, 6.45) is 0. The highest BCUT2D eigenvalue weighted by molar-refractivity contribution is 6.33. The Morgan fingerprint density at radius 1 is 1.44 bits per heavy atom. The molecule has 94 valence electrons. The second-order valence-corrected chi connectivity index (χ2v) is 4.37. The number of nitrogens with zero attached hydrogens (tertiary/aromatic N) is 2. The van der Waals surface area contributed by atoms with Crippen LogP contribution in [0.2, 0.25) is 5.02 Å². The number of aromatic carboxylic acids is 1. The van der Waals surface area contributed by atoms with Crippen LogP contribution >= 0.6 is 11.6 Å². The van der Waals surface area contributed by atoms with Gasteiger partial charge in [0.05, 0.1) is 33.3 Å². The van der Waals surface area contributed by atoms with Gasteiger partial charge in [-0.05, 0) is 32.0 Å². The van der Waals surface area contributed by atoms with Gasteiger partial charge in [0.25, 0.3) is 0 Å². The topological polar surface area (TPSA) is 81.1 Å². The first-order valence-corrected chi connectivity index (χ1v) is 5.64. The summed E-state index contributed by atoms with van der Waals surface area (Å²) in [4.78, 5) is 11.0. The van der Waals surface area contributed by atoms with E-state index in [9.17, 15) is 4.79 Å². The first-order chi connectivity index (χ1) is 8.41. The number of carbonyl (C=O) groups is 1. The molecule has 0 bridgehead atoms. The van der Waals surface area contributed by atoms with Gasteiger partial charge in [0.15, 0.2) is 0 Å². The van der Waals surface area contributed by atoms with Crippen molar-refractivity contribution >= 4 is 23.3 Å². The molecule has 0 unspecified atom stereocenters. The van der Waals surface area contributed by atoms with Gasteiger partial charge in [-0.15, -0.1) is 0 Å². The van der Waals surface area contributed by atoms with E-state index in [0.717, 1.165) is 5.69 Å². The van der Waals surface area contributed by atoms with Crippen molar-refractivity contribution in [2.75, 3.05) is 5.73 Å². The predicted molar refractivity (Wildman–Crippen MR) is 69.4 cm³/mol. The van der Waals surface area contributed by atoms with Gasteiger partial charge in [-0.1, -0.05) is 11.6 Å². The number of rotatable bonds is 2. The zero-order chi connectivity index (χ0) is 13.4. The predicted octanol–water partition coefficient (Wildman–Crippen LogP) is 2.42. The van der Waals surface area contributed by atoms with Crippen LogP contribution in [-0.2, 0) is 0 Å². The van der Waals surface area contributed by atoms with Crippen molar-refractivity contribution < 1.29 is 9.90 Å². The normalized spacial score (nSPS) is 10.6. The Morgan fingerprint density at radius 3 is 2.61 bits per heavy atom. The molecule has 0 saturated heterocycles. The van der Waals surface area contributed by atoms with Crippen LogP contribution in [0, 0.1) is 13.8 Å². The Morgan fingerprint density at radius 2 is 2.11 bits per heavy atom. The van der Waals surface area contributed by atoms with E-state index in [1.54, 1.807) is 17.7 Å². The molecule has 0 spiro atoms. The van der Waals surface area contributed by atoms with E-state index in [1.165, 1.54) is 12.1 Å². The monoisotopic (exact) mass is 265 g/mol. The Bertz CT molecular complexity index is 634. The summed E-state index contributed by atoms with van der Waals surface area (Å²) < 4.78 is 1.60. The number of nitrogen functional groups attached to an aromatic ring is 1. The molecule has 1 heterocycles. The minimum absolute atomic E-state index is 0.0419. The summed E-state index contributed by atoms with van der Waals surface area (Å²) >= 11 is 5.82. The number of carboxylic acids is 1. The van der Waals surface area contributed by atoms with Crippen molar-refractivity contribution in [1.82, 2.24) is 9.78 Å². The molecule has 1 aromatic carbocycles. The highest BCUT2D eigenvalue weighted by atomic mass is 35.5. The van der Waals surface area contributed by atoms with Crippen LogP contribution in [0.5, 0.6) is 0 Å². The number of hydrogen-bond acceptors (Lipinski definition) is 3. The van der Waals surface area contributed by atoms with Crippen LogP contribution in [0.3, 0.4) is 0 Å². The molecule has 3 N–H and O–H groups in total. The molecule has 0 aliphatic rings.